The Labute approximate surface area is 118 Å². The van der Waals surface area contributed by atoms with Crippen molar-refractivity contribution in [2.24, 2.45) is 11.8 Å². The number of aliphatic hydroxyl groups is 1. The quantitative estimate of drug-likeness (QED) is 0.851. The molecule has 1 saturated carbocycles. The van der Waals surface area contributed by atoms with E-state index in [0.29, 0.717) is 12.1 Å². The van der Waals surface area contributed by atoms with E-state index in [0.717, 1.165) is 37.8 Å². The maximum Gasteiger partial charge on any atom is 0.0702 e. The van der Waals surface area contributed by atoms with Crippen LogP contribution < -0.4 is 0 Å². The van der Waals surface area contributed by atoms with Crippen LogP contribution in [0.15, 0.2) is 0 Å². The van der Waals surface area contributed by atoms with Gasteiger partial charge in [0.25, 0.3) is 0 Å². The molecule has 2 rings (SSSR count). The van der Waals surface area contributed by atoms with Gasteiger partial charge in [0.1, 0.15) is 0 Å². The molecule has 0 spiro atoms. The summed E-state index contributed by atoms with van der Waals surface area (Å²) < 4.78 is 5.83. The predicted octanol–water partition coefficient (Wildman–Crippen LogP) is 2.67. The number of hydrogen-bond donors (Lipinski definition) is 1. The first kappa shape index (κ1) is 15.3. The molecule has 0 amide bonds. The lowest BCUT2D eigenvalue weighted by Crippen LogP contribution is -2.49. The summed E-state index contributed by atoms with van der Waals surface area (Å²) in [6, 6.07) is 0.326. The van der Waals surface area contributed by atoms with E-state index < -0.39 is 0 Å². The van der Waals surface area contributed by atoms with E-state index in [4.69, 9.17) is 4.74 Å². The van der Waals surface area contributed by atoms with Gasteiger partial charge in [0.15, 0.2) is 0 Å². The van der Waals surface area contributed by atoms with E-state index in [-0.39, 0.29) is 6.10 Å². The number of ether oxygens (including phenoxy) is 1. The van der Waals surface area contributed by atoms with Gasteiger partial charge in [-0.3, -0.25) is 4.90 Å². The highest BCUT2D eigenvalue weighted by Crippen LogP contribution is 2.32. The fourth-order valence-electron chi connectivity index (χ4n) is 3.65. The summed E-state index contributed by atoms with van der Waals surface area (Å²) in [5.74, 6) is 1.50. The van der Waals surface area contributed by atoms with Crippen LogP contribution in [0.3, 0.4) is 0 Å². The highest BCUT2D eigenvalue weighted by Gasteiger charge is 2.33. The SMILES string of the molecule is CC(C)C1CCC(O)C(N(C)CC2CCCCO2)C1. The van der Waals surface area contributed by atoms with Crippen LogP contribution in [0.4, 0.5) is 0 Å². The zero-order valence-corrected chi connectivity index (χ0v) is 12.8. The first-order valence-electron chi connectivity index (χ1n) is 8.08. The topological polar surface area (TPSA) is 32.7 Å². The molecule has 0 bridgehead atoms. The largest absolute Gasteiger partial charge is 0.391 e. The smallest absolute Gasteiger partial charge is 0.0702 e. The second-order valence-corrected chi connectivity index (χ2v) is 6.88. The van der Waals surface area contributed by atoms with E-state index >= 15 is 0 Å². The molecular formula is C16H31NO2. The van der Waals surface area contributed by atoms with E-state index in [1.165, 1.54) is 25.7 Å². The molecular weight excluding hydrogens is 238 g/mol. The minimum Gasteiger partial charge on any atom is -0.391 e. The molecule has 1 aliphatic carbocycles. The van der Waals surface area contributed by atoms with Gasteiger partial charge in [-0.2, -0.15) is 0 Å². The molecule has 4 unspecified atom stereocenters. The number of rotatable bonds is 4. The number of likely N-dealkylation sites (N-methyl/N-ethyl adjacent to an activating group) is 1. The monoisotopic (exact) mass is 269 g/mol. The van der Waals surface area contributed by atoms with Crippen LogP contribution in [0.5, 0.6) is 0 Å². The Balaban J connectivity index is 1.86. The van der Waals surface area contributed by atoms with Crippen LogP contribution >= 0.6 is 0 Å². The fourth-order valence-corrected chi connectivity index (χ4v) is 3.65. The summed E-state index contributed by atoms with van der Waals surface area (Å²) in [5, 5.41) is 10.3. The normalized spacial score (nSPS) is 36.9. The van der Waals surface area contributed by atoms with E-state index in [2.05, 4.69) is 25.8 Å². The third-order valence-electron chi connectivity index (χ3n) is 5.10. The van der Waals surface area contributed by atoms with E-state index in [9.17, 15) is 5.11 Å². The molecule has 0 aromatic heterocycles. The van der Waals surface area contributed by atoms with Gasteiger partial charge in [-0.25, -0.2) is 0 Å². The highest BCUT2D eigenvalue weighted by atomic mass is 16.5. The van der Waals surface area contributed by atoms with Crippen molar-refractivity contribution in [3.8, 4) is 0 Å². The van der Waals surface area contributed by atoms with Crippen molar-refractivity contribution < 1.29 is 9.84 Å². The summed E-state index contributed by atoms with van der Waals surface area (Å²) in [7, 11) is 2.16. The van der Waals surface area contributed by atoms with Crippen molar-refractivity contribution in [2.75, 3.05) is 20.2 Å². The Kier molecular flexibility index (Phi) is 5.67. The molecule has 2 fully saturated rings. The summed E-state index contributed by atoms with van der Waals surface area (Å²) >= 11 is 0. The molecule has 3 heteroatoms. The molecule has 1 saturated heterocycles. The van der Waals surface area contributed by atoms with E-state index in [1.807, 2.05) is 0 Å². The van der Waals surface area contributed by atoms with Crippen molar-refractivity contribution in [1.82, 2.24) is 4.90 Å². The average molecular weight is 269 g/mol. The van der Waals surface area contributed by atoms with Crippen LogP contribution in [0.1, 0.15) is 52.4 Å². The maximum absolute atomic E-state index is 10.3. The lowest BCUT2D eigenvalue weighted by atomic mass is 9.77. The number of aliphatic hydroxyl groups excluding tert-OH is 1. The van der Waals surface area contributed by atoms with Crippen molar-refractivity contribution in [1.29, 1.82) is 0 Å². The summed E-state index contributed by atoms with van der Waals surface area (Å²) in [6.07, 6.45) is 7.20. The van der Waals surface area contributed by atoms with Crippen LogP contribution in [0, 0.1) is 11.8 Å². The lowest BCUT2D eigenvalue weighted by Gasteiger charge is -2.41. The molecule has 0 radical (unpaired) electrons. The molecule has 2 aliphatic rings. The predicted molar refractivity (Wildman–Crippen MR) is 78.2 cm³/mol. The number of nitrogens with zero attached hydrogens (tertiary/aromatic N) is 1. The number of hydrogen-bond acceptors (Lipinski definition) is 3. The van der Waals surface area contributed by atoms with Gasteiger partial charge in [0.2, 0.25) is 0 Å². The van der Waals surface area contributed by atoms with Gasteiger partial charge in [-0.15, -0.1) is 0 Å². The Morgan fingerprint density at radius 2 is 2.00 bits per heavy atom. The zero-order chi connectivity index (χ0) is 13.8. The molecule has 19 heavy (non-hydrogen) atoms. The van der Waals surface area contributed by atoms with Crippen molar-refractivity contribution in [3.05, 3.63) is 0 Å². The third-order valence-corrected chi connectivity index (χ3v) is 5.10. The van der Waals surface area contributed by atoms with Gasteiger partial charge < -0.3 is 9.84 Å². The molecule has 112 valence electrons. The van der Waals surface area contributed by atoms with Crippen molar-refractivity contribution >= 4 is 0 Å². The fraction of sp³-hybridized carbons (Fsp3) is 1.00. The van der Waals surface area contributed by atoms with Gasteiger partial charge in [-0.1, -0.05) is 13.8 Å². The Morgan fingerprint density at radius 3 is 2.63 bits per heavy atom. The molecule has 1 N–H and O–H groups in total. The molecule has 0 aromatic rings. The second-order valence-electron chi connectivity index (χ2n) is 6.88. The second kappa shape index (κ2) is 7.05. The Bertz CT molecular complexity index is 263. The molecule has 1 aliphatic heterocycles. The summed E-state index contributed by atoms with van der Waals surface area (Å²) in [5.41, 5.74) is 0. The first-order chi connectivity index (χ1) is 9.08. The van der Waals surface area contributed by atoms with Crippen LogP contribution in [-0.4, -0.2) is 48.5 Å². The highest BCUT2D eigenvalue weighted by molar-refractivity contribution is 4.87. The summed E-state index contributed by atoms with van der Waals surface area (Å²) in [4.78, 5) is 2.36. The zero-order valence-electron chi connectivity index (χ0n) is 12.8. The first-order valence-corrected chi connectivity index (χ1v) is 8.08. The minimum atomic E-state index is -0.149. The van der Waals surface area contributed by atoms with Gasteiger partial charge in [0, 0.05) is 19.2 Å². The maximum atomic E-state index is 10.3. The average Bonchev–Trinajstić information content (AvgIpc) is 2.40. The molecule has 4 atom stereocenters. The molecule has 0 aromatic carbocycles. The van der Waals surface area contributed by atoms with Gasteiger partial charge >= 0.3 is 0 Å². The Hall–Kier alpha value is -0.120. The summed E-state index contributed by atoms with van der Waals surface area (Å²) in [6.45, 7) is 6.51. The molecule has 3 nitrogen and oxygen atoms in total. The van der Waals surface area contributed by atoms with Crippen molar-refractivity contribution in [3.63, 3.8) is 0 Å². The van der Waals surface area contributed by atoms with Crippen molar-refractivity contribution in [2.45, 2.75) is 70.6 Å². The Morgan fingerprint density at radius 1 is 1.21 bits per heavy atom. The van der Waals surface area contributed by atoms with Gasteiger partial charge in [0.05, 0.1) is 12.2 Å². The lowest BCUT2D eigenvalue weighted by molar-refractivity contribution is -0.0405. The van der Waals surface area contributed by atoms with Crippen LogP contribution in [0.2, 0.25) is 0 Å². The minimum absolute atomic E-state index is 0.149. The molecule has 1 heterocycles. The van der Waals surface area contributed by atoms with Crippen LogP contribution in [0.25, 0.3) is 0 Å². The van der Waals surface area contributed by atoms with Crippen LogP contribution in [-0.2, 0) is 4.74 Å². The standard InChI is InChI=1S/C16H31NO2/c1-12(2)13-7-8-16(18)15(10-13)17(3)11-14-6-4-5-9-19-14/h12-16,18H,4-11H2,1-3H3. The van der Waals surface area contributed by atoms with E-state index in [1.54, 1.807) is 0 Å². The third kappa shape index (κ3) is 4.17. The van der Waals surface area contributed by atoms with Gasteiger partial charge in [-0.05, 0) is 57.4 Å².